The van der Waals surface area contributed by atoms with Crippen LogP contribution < -0.4 is 5.32 Å². The van der Waals surface area contributed by atoms with Gasteiger partial charge in [-0.05, 0) is 0 Å². The lowest BCUT2D eigenvalue weighted by Crippen LogP contribution is -1.97. The second-order valence-corrected chi connectivity index (χ2v) is 2.97. The van der Waals surface area contributed by atoms with Gasteiger partial charge in [0.15, 0.2) is 0 Å². The van der Waals surface area contributed by atoms with Crippen LogP contribution in [0.3, 0.4) is 0 Å². The van der Waals surface area contributed by atoms with Crippen LogP contribution in [-0.4, -0.2) is 13.7 Å². The van der Waals surface area contributed by atoms with Crippen molar-refractivity contribution in [2.24, 2.45) is 0 Å². The molecule has 0 spiro atoms. The van der Waals surface area contributed by atoms with Gasteiger partial charge in [0.25, 0.3) is 0 Å². The van der Waals surface area contributed by atoms with Crippen molar-refractivity contribution in [1.82, 2.24) is 5.32 Å². The van der Waals surface area contributed by atoms with E-state index in [1.54, 1.807) is 7.11 Å². The third-order valence-corrected chi connectivity index (χ3v) is 2.17. The van der Waals surface area contributed by atoms with Gasteiger partial charge in [-0.2, -0.15) is 0 Å². The van der Waals surface area contributed by atoms with Crippen molar-refractivity contribution in [2.45, 2.75) is 6.42 Å². The Bertz CT molecular complexity index is 316. The number of hydrogen-bond acceptors (Lipinski definition) is 1. The Hall–Kier alpha value is -1.44. The van der Waals surface area contributed by atoms with Crippen molar-refractivity contribution < 1.29 is 4.74 Å². The van der Waals surface area contributed by atoms with Crippen molar-refractivity contribution in [3.8, 4) is 0 Å². The summed E-state index contributed by atoms with van der Waals surface area (Å²) in [5.41, 5.74) is 2.17. The summed E-state index contributed by atoms with van der Waals surface area (Å²) in [5, 5.41) is 4.41. The van der Waals surface area contributed by atoms with Gasteiger partial charge in [-0.25, -0.2) is 0 Å². The van der Waals surface area contributed by atoms with E-state index >= 15 is 0 Å². The molecular weight excluding hydrogens is 162 g/mol. The van der Waals surface area contributed by atoms with Crippen LogP contribution in [-0.2, 0) is 4.74 Å². The van der Waals surface area contributed by atoms with E-state index in [9.17, 15) is 0 Å². The van der Waals surface area contributed by atoms with Gasteiger partial charge in [-0.3, -0.25) is 5.32 Å². The van der Waals surface area contributed by atoms with Crippen molar-refractivity contribution >= 4 is 5.70 Å². The molecule has 0 bridgehead atoms. The first-order valence-corrected chi connectivity index (χ1v) is 4.42. The number of ether oxygens (including phenoxy) is 1. The molecule has 13 heavy (non-hydrogen) atoms. The van der Waals surface area contributed by atoms with Gasteiger partial charge in [0.1, 0.15) is 11.5 Å². The zero-order valence-electron chi connectivity index (χ0n) is 7.66. The fraction of sp³-hybridized carbons (Fsp3) is 0.273. The van der Waals surface area contributed by atoms with Gasteiger partial charge in [0.05, 0.1) is 7.11 Å². The average Bonchev–Trinajstić information content (AvgIpc) is 2.67. The molecule has 0 saturated heterocycles. The minimum absolute atomic E-state index is 0.855. The maximum atomic E-state index is 5.26. The van der Waals surface area contributed by atoms with Crippen molar-refractivity contribution in [3.63, 3.8) is 0 Å². The summed E-state index contributed by atoms with van der Waals surface area (Å²) in [4.78, 5) is 0. The summed E-state index contributed by atoms with van der Waals surface area (Å²) in [6.45, 7) is 0.855. The molecule has 0 aliphatic carbocycles. The number of hydrogen-bond donors (Lipinski definition) is 0. The Labute approximate surface area is 78.2 Å². The number of methoxy groups -OCH3 is 1. The number of benzene rings is 1. The Balaban J connectivity index is 2.35. The highest BCUT2D eigenvalue weighted by Gasteiger charge is 2.16. The monoisotopic (exact) mass is 174 g/mol. The molecule has 0 fully saturated rings. The molecule has 1 aromatic carbocycles. The van der Waals surface area contributed by atoms with Crippen LogP contribution in [0.5, 0.6) is 0 Å². The van der Waals surface area contributed by atoms with Gasteiger partial charge < -0.3 is 4.74 Å². The van der Waals surface area contributed by atoms with Gasteiger partial charge in [-0.15, -0.1) is 0 Å². The van der Waals surface area contributed by atoms with E-state index < -0.39 is 0 Å². The van der Waals surface area contributed by atoms with E-state index in [-0.39, 0.29) is 0 Å². The molecule has 2 nitrogen and oxygen atoms in total. The molecule has 0 atom stereocenters. The zero-order chi connectivity index (χ0) is 9.10. The summed E-state index contributed by atoms with van der Waals surface area (Å²) in [6, 6.07) is 10.2. The first kappa shape index (κ1) is 8.17. The summed E-state index contributed by atoms with van der Waals surface area (Å²) < 4.78 is 5.26. The zero-order valence-corrected chi connectivity index (χ0v) is 7.66. The van der Waals surface area contributed by atoms with Crippen molar-refractivity contribution in [3.05, 3.63) is 41.7 Å². The SMILES string of the molecule is COC1=C(c2ccccc2)[N]CC1. The van der Waals surface area contributed by atoms with E-state index in [1.165, 1.54) is 0 Å². The average molecular weight is 174 g/mol. The third kappa shape index (κ3) is 1.52. The molecular formula is C11H12NO. The first-order valence-electron chi connectivity index (χ1n) is 4.42. The van der Waals surface area contributed by atoms with Crippen LogP contribution in [0.15, 0.2) is 36.1 Å². The van der Waals surface area contributed by atoms with Gasteiger partial charge in [0.2, 0.25) is 0 Å². The van der Waals surface area contributed by atoms with Gasteiger partial charge in [0, 0.05) is 18.5 Å². The first-order chi connectivity index (χ1) is 6.42. The smallest absolute Gasteiger partial charge is 0.123 e. The van der Waals surface area contributed by atoms with Gasteiger partial charge in [-0.1, -0.05) is 30.3 Å². The van der Waals surface area contributed by atoms with E-state index in [0.717, 1.165) is 30.0 Å². The largest absolute Gasteiger partial charge is 0.499 e. The molecule has 0 N–H and O–H groups in total. The minimum atomic E-state index is 0.855. The highest BCUT2D eigenvalue weighted by Crippen LogP contribution is 2.24. The second-order valence-electron chi connectivity index (χ2n) is 2.97. The summed E-state index contributed by atoms with van der Waals surface area (Å²) in [6.07, 6.45) is 0.931. The van der Waals surface area contributed by atoms with Crippen LogP contribution in [0.1, 0.15) is 12.0 Å². The van der Waals surface area contributed by atoms with Crippen LogP contribution in [0.25, 0.3) is 5.70 Å². The quantitative estimate of drug-likeness (QED) is 0.672. The molecule has 1 aromatic rings. The Morgan fingerprint density at radius 3 is 2.69 bits per heavy atom. The molecule has 0 saturated carbocycles. The van der Waals surface area contributed by atoms with Crippen LogP contribution in [0, 0.1) is 0 Å². The normalized spacial score (nSPS) is 15.8. The Morgan fingerprint density at radius 2 is 2.00 bits per heavy atom. The minimum Gasteiger partial charge on any atom is -0.499 e. The maximum absolute atomic E-state index is 5.26. The molecule has 0 unspecified atom stereocenters. The van der Waals surface area contributed by atoms with Crippen LogP contribution >= 0.6 is 0 Å². The van der Waals surface area contributed by atoms with E-state index in [2.05, 4.69) is 17.4 Å². The second kappa shape index (κ2) is 3.52. The molecule has 0 aromatic heterocycles. The number of nitrogens with zero attached hydrogens (tertiary/aromatic N) is 1. The molecule has 1 radical (unpaired) electrons. The molecule has 0 amide bonds. The van der Waals surface area contributed by atoms with Crippen LogP contribution in [0.4, 0.5) is 0 Å². The topological polar surface area (TPSA) is 23.3 Å². The van der Waals surface area contributed by atoms with Crippen molar-refractivity contribution in [2.75, 3.05) is 13.7 Å². The summed E-state index contributed by atoms with van der Waals surface area (Å²) in [7, 11) is 1.71. The number of rotatable bonds is 2. The van der Waals surface area contributed by atoms with E-state index in [1.807, 2.05) is 18.2 Å². The molecule has 67 valence electrons. The Kier molecular flexibility index (Phi) is 2.21. The summed E-state index contributed by atoms with van der Waals surface area (Å²) in [5.74, 6) is 1.01. The van der Waals surface area contributed by atoms with E-state index in [0.29, 0.717) is 0 Å². The fourth-order valence-electron chi connectivity index (χ4n) is 1.52. The summed E-state index contributed by atoms with van der Waals surface area (Å²) >= 11 is 0. The molecule has 2 heteroatoms. The van der Waals surface area contributed by atoms with Crippen molar-refractivity contribution in [1.29, 1.82) is 0 Å². The van der Waals surface area contributed by atoms with Gasteiger partial charge >= 0.3 is 0 Å². The lowest BCUT2D eigenvalue weighted by molar-refractivity contribution is 0.286. The molecule has 1 aliphatic rings. The van der Waals surface area contributed by atoms with E-state index in [4.69, 9.17) is 4.74 Å². The molecule has 2 rings (SSSR count). The maximum Gasteiger partial charge on any atom is 0.123 e. The lowest BCUT2D eigenvalue weighted by Gasteiger charge is -2.04. The highest BCUT2D eigenvalue weighted by atomic mass is 16.5. The fourth-order valence-corrected chi connectivity index (χ4v) is 1.52. The van der Waals surface area contributed by atoms with Crippen LogP contribution in [0.2, 0.25) is 0 Å². The predicted molar refractivity (Wildman–Crippen MR) is 52.0 cm³/mol. The highest BCUT2D eigenvalue weighted by molar-refractivity contribution is 5.67. The predicted octanol–water partition coefficient (Wildman–Crippen LogP) is 2.01. The Morgan fingerprint density at radius 1 is 1.23 bits per heavy atom. The molecule has 1 heterocycles. The molecule has 1 aliphatic heterocycles. The third-order valence-electron chi connectivity index (χ3n) is 2.17. The lowest BCUT2D eigenvalue weighted by atomic mass is 10.1. The standard InChI is InChI=1S/C11H12NO/c1-13-10-7-8-12-11(10)9-5-3-2-4-6-9/h2-6H,7-8H2,1H3.